The standard InChI is InChI=1S/C19H18Cl2F3N3OS/c1-12(29-15-4-2-14(20)3-5-15)18(28)27-8-6-26(7-9-27)17-16(21)10-13(11-25-17)19(22,23)24/h2-5,10-12H,6-9H2,1H3/t12-/m0/s1. The molecule has 0 N–H and O–H groups in total. The summed E-state index contributed by atoms with van der Waals surface area (Å²) in [6.45, 7) is 3.64. The first-order chi connectivity index (χ1) is 13.6. The molecular formula is C19H18Cl2F3N3OS. The second kappa shape index (κ2) is 9.02. The van der Waals surface area contributed by atoms with Crippen molar-refractivity contribution in [1.29, 1.82) is 0 Å². The van der Waals surface area contributed by atoms with Crippen molar-refractivity contribution in [3.63, 3.8) is 0 Å². The van der Waals surface area contributed by atoms with Gasteiger partial charge in [0, 0.05) is 42.3 Å². The number of nitrogens with zero attached hydrogens (tertiary/aromatic N) is 3. The molecule has 3 rings (SSSR count). The van der Waals surface area contributed by atoms with Crippen LogP contribution >= 0.6 is 35.0 Å². The highest BCUT2D eigenvalue weighted by Gasteiger charge is 2.33. The molecule has 10 heteroatoms. The third-order valence-corrected chi connectivity index (χ3v) is 6.14. The molecular weight excluding hydrogens is 446 g/mol. The average molecular weight is 464 g/mol. The monoisotopic (exact) mass is 463 g/mol. The van der Waals surface area contributed by atoms with E-state index in [0.717, 1.165) is 17.2 Å². The number of pyridine rings is 1. The molecule has 0 saturated carbocycles. The molecule has 0 radical (unpaired) electrons. The van der Waals surface area contributed by atoms with Gasteiger partial charge in [-0.05, 0) is 37.3 Å². The third kappa shape index (κ3) is 5.49. The SMILES string of the molecule is C[C@H](Sc1ccc(Cl)cc1)C(=O)N1CCN(c2ncc(C(F)(F)F)cc2Cl)CC1. The smallest absolute Gasteiger partial charge is 0.352 e. The number of carbonyl (C=O) groups is 1. The highest BCUT2D eigenvalue weighted by atomic mass is 35.5. The number of halogens is 5. The van der Waals surface area contributed by atoms with E-state index < -0.39 is 11.7 Å². The molecule has 0 bridgehead atoms. The van der Waals surface area contributed by atoms with Crippen molar-refractivity contribution in [1.82, 2.24) is 9.88 Å². The predicted molar refractivity (Wildman–Crippen MR) is 110 cm³/mol. The Hall–Kier alpha value is -1.64. The van der Waals surface area contributed by atoms with Crippen LogP contribution in [-0.4, -0.2) is 47.2 Å². The molecule has 0 spiro atoms. The lowest BCUT2D eigenvalue weighted by molar-refractivity contribution is -0.137. The minimum atomic E-state index is -4.49. The van der Waals surface area contributed by atoms with Gasteiger partial charge in [-0.15, -0.1) is 11.8 Å². The van der Waals surface area contributed by atoms with Gasteiger partial charge in [-0.3, -0.25) is 4.79 Å². The van der Waals surface area contributed by atoms with Gasteiger partial charge >= 0.3 is 6.18 Å². The molecule has 1 amide bonds. The molecule has 4 nitrogen and oxygen atoms in total. The highest BCUT2D eigenvalue weighted by Crippen LogP contribution is 2.34. The number of piperazine rings is 1. The van der Waals surface area contributed by atoms with E-state index in [0.29, 0.717) is 37.0 Å². The van der Waals surface area contributed by atoms with Gasteiger partial charge in [-0.25, -0.2) is 4.98 Å². The Kier molecular flexibility index (Phi) is 6.86. The van der Waals surface area contributed by atoms with Gasteiger partial charge < -0.3 is 9.80 Å². The molecule has 0 unspecified atom stereocenters. The second-order valence-electron chi connectivity index (χ2n) is 6.55. The number of anilines is 1. The first-order valence-electron chi connectivity index (χ1n) is 8.84. The largest absolute Gasteiger partial charge is 0.417 e. The Labute approximate surface area is 181 Å². The van der Waals surface area contributed by atoms with Crippen LogP contribution in [0.3, 0.4) is 0 Å². The predicted octanol–water partition coefficient (Wildman–Crippen LogP) is 5.24. The summed E-state index contributed by atoms with van der Waals surface area (Å²) in [7, 11) is 0. The topological polar surface area (TPSA) is 36.4 Å². The number of benzene rings is 1. The van der Waals surface area contributed by atoms with E-state index in [4.69, 9.17) is 23.2 Å². The third-order valence-electron chi connectivity index (χ3n) is 4.51. The van der Waals surface area contributed by atoms with Crippen molar-refractivity contribution in [2.45, 2.75) is 23.2 Å². The molecule has 1 aliphatic rings. The second-order valence-corrected chi connectivity index (χ2v) is 8.81. The average Bonchev–Trinajstić information content (AvgIpc) is 2.68. The number of thioether (sulfide) groups is 1. The van der Waals surface area contributed by atoms with Crippen LogP contribution in [0.2, 0.25) is 10.0 Å². The van der Waals surface area contributed by atoms with Gasteiger partial charge in [-0.1, -0.05) is 23.2 Å². The summed E-state index contributed by atoms with van der Waals surface area (Å²) in [5, 5.41) is 0.321. The number of amides is 1. The summed E-state index contributed by atoms with van der Waals surface area (Å²) in [5.74, 6) is 0.312. The summed E-state index contributed by atoms with van der Waals surface area (Å²) in [6, 6.07) is 8.17. The summed E-state index contributed by atoms with van der Waals surface area (Å²) in [6.07, 6.45) is -3.71. The lowest BCUT2D eigenvalue weighted by Gasteiger charge is -2.36. The molecule has 156 valence electrons. The number of hydrogen-bond acceptors (Lipinski definition) is 4. The van der Waals surface area contributed by atoms with Crippen LogP contribution in [0.15, 0.2) is 41.4 Å². The molecule has 2 heterocycles. The minimum Gasteiger partial charge on any atom is -0.352 e. The van der Waals surface area contributed by atoms with E-state index in [-0.39, 0.29) is 16.2 Å². The van der Waals surface area contributed by atoms with E-state index in [1.165, 1.54) is 11.8 Å². The van der Waals surface area contributed by atoms with E-state index in [9.17, 15) is 18.0 Å². The van der Waals surface area contributed by atoms with Crippen molar-refractivity contribution in [2.24, 2.45) is 0 Å². The Morgan fingerprint density at radius 2 is 1.76 bits per heavy atom. The van der Waals surface area contributed by atoms with E-state index >= 15 is 0 Å². The number of carbonyl (C=O) groups excluding carboxylic acids is 1. The van der Waals surface area contributed by atoms with Gasteiger partial charge in [0.2, 0.25) is 5.91 Å². The Morgan fingerprint density at radius 1 is 1.14 bits per heavy atom. The first-order valence-corrected chi connectivity index (χ1v) is 10.5. The number of hydrogen-bond donors (Lipinski definition) is 0. The fraction of sp³-hybridized carbons (Fsp3) is 0.368. The zero-order valence-corrected chi connectivity index (χ0v) is 17.7. The van der Waals surface area contributed by atoms with Crippen molar-refractivity contribution in [3.8, 4) is 0 Å². The fourth-order valence-electron chi connectivity index (χ4n) is 2.98. The maximum absolute atomic E-state index is 12.8. The van der Waals surface area contributed by atoms with Gasteiger partial charge in [-0.2, -0.15) is 13.2 Å². The van der Waals surface area contributed by atoms with Crippen LogP contribution in [0.25, 0.3) is 0 Å². The van der Waals surface area contributed by atoms with Crippen molar-refractivity contribution in [2.75, 3.05) is 31.1 Å². The molecule has 1 aliphatic heterocycles. The van der Waals surface area contributed by atoms with Crippen molar-refractivity contribution in [3.05, 3.63) is 52.1 Å². The summed E-state index contributed by atoms with van der Waals surface area (Å²) in [5.41, 5.74) is -0.881. The van der Waals surface area contributed by atoms with Gasteiger partial charge in [0.1, 0.15) is 5.82 Å². The summed E-state index contributed by atoms with van der Waals surface area (Å²) >= 11 is 13.4. The summed E-state index contributed by atoms with van der Waals surface area (Å²) in [4.78, 5) is 21.1. The maximum Gasteiger partial charge on any atom is 0.417 e. The molecule has 2 aromatic rings. The molecule has 1 aromatic carbocycles. The van der Waals surface area contributed by atoms with Crippen LogP contribution in [0.4, 0.5) is 19.0 Å². The van der Waals surface area contributed by atoms with Crippen LogP contribution in [0.5, 0.6) is 0 Å². The molecule has 1 atom stereocenters. The minimum absolute atomic E-state index is 0.0103. The van der Waals surface area contributed by atoms with Gasteiger partial charge in [0.15, 0.2) is 0 Å². The Bertz CT molecular complexity index is 872. The zero-order chi connectivity index (χ0) is 21.2. The lowest BCUT2D eigenvalue weighted by Crippen LogP contribution is -2.51. The van der Waals surface area contributed by atoms with Crippen LogP contribution in [-0.2, 0) is 11.0 Å². The van der Waals surface area contributed by atoms with Crippen LogP contribution in [0.1, 0.15) is 12.5 Å². The highest BCUT2D eigenvalue weighted by molar-refractivity contribution is 8.00. The normalized spacial score (nSPS) is 16.1. The van der Waals surface area contributed by atoms with Crippen molar-refractivity contribution < 1.29 is 18.0 Å². The Balaban J connectivity index is 1.58. The summed E-state index contributed by atoms with van der Waals surface area (Å²) < 4.78 is 38.3. The number of alkyl halides is 3. The molecule has 0 aliphatic carbocycles. The fourth-order valence-corrected chi connectivity index (χ4v) is 4.35. The van der Waals surface area contributed by atoms with E-state index in [1.807, 2.05) is 19.1 Å². The molecule has 1 aromatic heterocycles. The Morgan fingerprint density at radius 3 is 2.31 bits per heavy atom. The zero-order valence-electron chi connectivity index (χ0n) is 15.4. The number of aromatic nitrogens is 1. The van der Waals surface area contributed by atoms with Gasteiger partial charge in [0.05, 0.1) is 15.8 Å². The quantitative estimate of drug-likeness (QED) is 0.581. The molecule has 1 fully saturated rings. The van der Waals surface area contributed by atoms with E-state index in [2.05, 4.69) is 4.98 Å². The van der Waals surface area contributed by atoms with Gasteiger partial charge in [0.25, 0.3) is 0 Å². The molecule has 29 heavy (non-hydrogen) atoms. The molecule has 1 saturated heterocycles. The van der Waals surface area contributed by atoms with Crippen LogP contribution < -0.4 is 4.90 Å². The first kappa shape index (κ1) is 22.1. The van der Waals surface area contributed by atoms with Crippen molar-refractivity contribution >= 4 is 46.7 Å². The lowest BCUT2D eigenvalue weighted by atomic mass is 10.2. The number of rotatable bonds is 4. The van der Waals surface area contributed by atoms with E-state index in [1.54, 1.807) is 21.9 Å². The van der Waals surface area contributed by atoms with Crippen LogP contribution in [0, 0.1) is 0 Å². The maximum atomic E-state index is 12.8.